The molecule has 0 aliphatic rings. The third-order valence-corrected chi connectivity index (χ3v) is 3.22. The third kappa shape index (κ3) is 6.11. The molecule has 0 heterocycles. The van der Waals surface area contributed by atoms with Crippen molar-refractivity contribution in [2.75, 3.05) is 5.32 Å². The van der Waals surface area contributed by atoms with Crippen LogP contribution >= 0.6 is 0 Å². The summed E-state index contributed by atoms with van der Waals surface area (Å²) in [5, 5.41) is 3.59. The predicted molar refractivity (Wildman–Crippen MR) is 83.7 cm³/mol. The van der Waals surface area contributed by atoms with Gasteiger partial charge in [0.05, 0.1) is 11.7 Å². The second-order valence-electron chi connectivity index (χ2n) is 6.65. The Hall–Kier alpha value is -1.02. The van der Waals surface area contributed by atoms with E-state index in [0.717, 1.165) is 18.5 Å². The van der Waals surface area contributed by atoms with E-state index in [0.29, 0.717) is 6.10 Å². The molecule has 2 heteroatoms. The number of ether oxygens (including phenoxy) is 1. The van der Waals surface area contributed by atoms with Crippen LogP contribution in [0.5, 0.6) is 0 Å². The van der Waals surface area contributed by atoms with E-state index in [1.165, 1.54) is 0 Å². The molecule has 0 aliphatic carbocycles. The number of hydrogen-bond donors (Lipinski definition) is 1. The minimum absolute atomic E-state index is 0.00167. The molecule has 19 heavy (non-hydrogen) atoms. The van der Waals surface area contributed by atoms with Gasteiger partial charge in [0.1, 0.15) is 0 Å². The first-order valence-corrected chi connectivity index (χ1v) is 7.25. The number of anilines is 1. The van der Waals surface area contributed by atoms with Gasteiger partial charge in [0.15, 0.2) is 0 Å². The SMILES string of the molecule is CCC(C)OC(C)(C)CC(C)(C)Nc1ccccc1. The maximum atomic E-state index is 6.12. The van der Waals surface area contributed by atoms with E-state index in [9.17, 15) is 0 Å². The van der Waals surface area contributed by atoms with Crippen molar-refractivity contribution in [2.24, 2.45) is 0 Å². The van der Waals surface area contributed by atoms with E-state index in [-0.39, 0.29) is 11.1 Å². The van der Waals surface area contributed by atoms with Gasteiger partial charge in [-0.2, -0.15) is 0 Å². The Kier molecular flexibility index (Phi) is 5.42. The molecule has 0 aliphatic heterocycles. The Balaban J connectivity index is 2.62. The van der Waals surface area contributed by atoms with Gasteiger partial charge in [-0.1, -0.05) is 25.1 Å². The Morgan fingerprint density at radius 1 is 1.11 bits per heavy atom. The zero-order valence-corrected chi connectivity index (χ0v) is 13.3. The predicted octanol–water partition coefficient (Wildman–Crippen LogP) is 4.86. The van der Waals surface area contributed by atoms with Gasteiger partial charge >= 0.3 is 0 Å². The normalized spacial score (nSPS) is 14.2. The zero-order chi connectivity index (χ0) is 14.5. The summed E-state index contributed by atoms with van der Waals surface area (Å²) in [6, 6.07) is 10.3. The molecule has 0 aromatic heterocycles. The largest absolute Gasteiger partial charge is 0.380 e. The molecule has 0 saturated carbocycles. The molecule has 0 saturated heterocycles. The Morgan fingerprint density at radius 2 is 1.68 bits per heavy atom. The average Bonchev–Trinajstić information content (AvgIpc) is 2.27. The van der Waals surface area contributed by atoms with Crippen molar-refractivity contribution in [3.63, 3.8) is 0 Å². The Bertz CT molecular complexity index is 370. The van der Waals surface area contributed by atoms with Gasteiger partial charge in [0.2, 0.25) is 0 Å². The van der Waals surface area contributed by atoms with E-state index in [2.05, 4.69) is 71.1 Å². The first-order chi connectivity index (χ1) is 8.74. The van der Waals surface area contributed by atoms with Crippen molar-refractivity contribution in [3.05, 3.63) is 30.3 Å². The van der Waals surface area contributed by atoms with Crippen LogP contribution in [0.15, 0.2) is 30.3 Å². The second kappa shape index (κ2) is 6.42. The number of rotatable bonds is 7. The van der Waals surface area contributed by atoms with Gasteiger partial charge in [-0.15, -0.1) is 0 Å². The summed E-state index contributed by atoms with van der Waals surface area (Å²) in [6.07, 6.45) is 2.32. The van der Waals surface area contributed by atoms with Crippen molar-refractivity contribution >= 4 is 5.69 Å². The van der Waals surface area contributed by atoms with E-state index in [4.69, 9.17) is 4.74 Å². The zero-order valence-electron chi connectivity index (χ0n) is 13.3. The Morgan fingerprint density at radius 3 is 2.21 bits per heavy atom. The number of hydrogen-bond acceptors (Lipinski definition) is 2. The molecule has 2 nitrogen and oxygen atoms in total. The van der Waals surface area contributed by atoms with Gasteiger partial charge in [-0.3, -0.25) is 0 Å². The molecule has 0 radical (unpaired) electrons. The minimum atomic E-state index is -0.124. The summed E-state index contributed by atoms with van der Waals surface area (Å²) < 4.78 is 6.12. The molecule has 1 rings (SSSR count). The summed E-state index contributed by atoms with van der Waals surface area (Å²) in [6.45, 7) is 13.1. The minimum Gasteiger partial charge on any atom is -0.380 e. The fourth-order valence-corrected chi connectivity index (χ4v) is 2.69. The van der Waals surface area contributed by atoms with Crippen LogP contribution in [0.25, 0.3) is 0 Å². The first kappa shape index (κ1) is 16.0. The lowest BCUT2D eigenvalue weighted by atomic mass is 9.88. The number of nitrogens with one attached hydrogen (secondary N) is 1. The van der Waals surface area contributed by atoms with Gasteiger partial charge in [-0.25, -0.2) is 0 Å². The molecular formula is C17H29NO. The van der Waals surface area contributed by atoms with Crippen LogP contribution in [0.1, 0.15) is 54.4 Å². The van der Waals surface area contributed by atoms with Crippen LogP contribution in [-0.2, 0) is 4.74 Å². The van der Waals surface area contributed by atoms with Crippen LogP contribution in [0.2, 0.25) is 0 Å². The van der Waals surface area contributed by atoms with Gasteiger partial charge in [-0.05, 0) is 59.6 Å². The lowest BCUT2D eigenvalue weighted by molar-refractivity contribution is -0.0761. The smallest absolute Gasteiger partial charge is 0.0652 e. The number of benzene rings is 1. The molecule has 1 atom stereocenters. The molecule has 0 fully saturated rings. The summed E-state index contributed by atoms with van der Waals surface area (Å²) in [5.74, 6) is 0. The quantitative estimate of drug-likeness (QED) is 0.758. The van der Waals surface area contributed by atoms with Crippen LogP contribution in [0, 0.1) is 0 Å². The van der Waals surface area contributed by atoms with Gasteiger partial charge < -0.3 is 10.1 Å². The summed E-state index contributed by atoms with van der Waals surface area (Å²) in [7, 11) is 0. The monoisotopic (exact) mass is 263 g/mol. The van der Waals surface area contributed by atoms with Crippen molar-refractivity contribution in [1.82, 2.24) is 0 Å². The number of para-hydroxylation sites is 1. The fraction of sp³-hybridized carbons (Fsp3) is 0.647. The van der Waals surface area contributed by atoms with Crippen LogP contribution < -0.4 is 5.32 Å². The van der Waals surface area contributed by atoms with E-state index < -0.39 is 0 Å². The van der Waals surface area contributed by atoms with Crippen molar-refractivity contribution < 1.29 is 4.74 Å². The standard InChI is InChI=1S/C17H29NO/c1-7-14(2)19-17(5,6)13-16(3,4)18-15-11-9-8-10-12-15/h8-12,14,18H,7,13H2,1-6H3. The molecule has 0 amide bonds. The molecule has 1 unspecified atom stereocenters. The lowest BCUT2D eigenvalue weighted by Gasteiger charge is -2.37. The molecule has 1 aromatic carbocycles. The van der Waals surface area contributed by atoms with E-state index in [1.807, 2.05) is 6.07 Å². The molecular weight excluding hydrogens is 234 g/mol. The van der Waals surface area contributed by atoms with Gasteiger partial charge in [0, 0.05) is 11.2 Å². The summed E-state index contributed by atoms with van der Waals surface area (Å²) >= 11 is 0. The maximum Gasteiger partial charge on any atom is 0.0652 e. The van der Waals surface area contributed by atoms with E-state index >= 15 is 0 Å². The highest BCUT2D eigenvalue weighted by atomic mass is 16.5. The average molecular weight is 263 g/mol. The molecule has 108 valence electrons. The van der Waals surface area contributed by atoms with Crippen molar-refractivity contribution in [2.45, 2.75) is 71.6 Å². The van der Waals surface area contributed by atoms with Crippen molar-refractivity contribution in [3.8, 4) is 0 Å². The van der Waals surface area contributed by atoms with E-state index in [1.54, 1.807) is 0 Å². The Labute approximate surface area is 118 Å². The van der Waals surface area contributed by atoms with Crippen LogP contribution in [0.3, 0.4) is 0 Å². The maximum absolute atomic E-state index is 6.12. The summed E-state index contributed by atoms with van der Waals surface area (Å²) in [4.78, 5) is 0. The molecule has 0 bridgehead atoms. The fourth-order valence-electron chi connectivity index (χ4n) is 2.69. The summed E-state index contributed by atoms with van der Waals surface area (Å²) in [5.41, 5.74) is 1.03. The van der Waals surface area contributed by atoms with Crippen LogP contribution in [0.4, 0.5) is 5.69 Å². The van der Waals surface area contributed by atoms with Crippen LogP contribution in [-0.4, -0.2) is 17.2 Å². The van der Waals surface area contributed by atoms with Crippen molar-refractivity contribution in [1.29, 1.82) is 0 Å². The molecule has 0 spiro atoms. The second-order valence-corrected chi connectivity index (χ2v) is 6.65. The first-order valence-electron chi connectivity index (χ1n) is 7.25. The molecule has 1 aromatic rings. The lowest BCUT2D eigenvalue weighted by Crippen LogP contribution is -2.42. The highest BCUT2D eigenvalue weighted by Crippen LogP contribution is 2.28. The highest BCUT2D eigenvalue weighted by molar-refractivity contribution is 5.44. The molecule has 1 N–H and O–H groups in total. The topological polar surface area (TPSA) is 21.3 Å². The highest BCUT2D eigenvalue weighted by Gasteiger charge is 2.30. The third-order valence-electron chi connectivity index (χ3n) is 3.22. The van der Waals surface area contributed by atoms with Gasteiger partial charge in [0.25, 0.3) is 0 Å².